The summed E-state index contributed by atoms with van der Waals surface area (Å²) in [7, 11) is 0. The van der Waals surface area contributed by atoms with Crippen molar-refractivity contribution < 1.29 is 23.5 Å². The molecular weight excluding hydrogens is 519 g/mol. The summed E-state index contributed by atoms with van der Waals surface area (Å²) in [6, 6.07) is 5.52. The first-order valence-electron chi connectivity index (χ1n) is 16.0. The zero-order valence-electron chi connectivity index (χ0n) is 25.1. The second-order valence-electron chi connectivity index (χ2n) is 12.9. The Hall–Kier alpha value is -2.70. The molecule has 1 saturated heterocycles. The average molecular weight is 567 g/mol. The Morgan fingerprint density at radius 3 is 2.46 bits per heavy atom. The van der Waals surface area contributed by atoms with Crippen molar-refractivity contribution in [2.75, 3.05) is 19.8 Å². The summed E-state index contributed by atoms with van der Waals surface area (Å²) >= 11 is 0. The van der Waals surface area contributed by atoms with Gasteiger partial charge < -0.3 is 14.6 Å². The summed E-state index contributed by atoms with van der Waals surface area (Å²) in [5.74, 6) is 0.971. The lowest BCUT2D eigenvalue weighted by Crippen LogP contribution is -2.48. The van der Waals surface area contributed by atoms with E-state index in [9.17, 15) is 18.8 Å². The molecular formula is C34H47FN2O4. The molecule has 3 atom stereocenters. The number of fused-ring (bicyclic) bond motifs is 1. The molecule has 3 aliphatic rings. The number of Topliss-reactive ketones (excluding diaryl/α,β-unsaturated/α-hetero) is 1. The molecule has 2 aromatic rings. The number of aromatic amines is 1. The zero-order chi connectivity index (χ0) is 29.1. The van der Waals surface area contributed by atoms with Gasteiger partial charge in [-0.3, -0.25) is 14.0 Å². The van der Waals surface area contributed by atoms with Crippen LogP contribution in [0.5, 0.6) is 0 Å². The first kappa shape index (κ1) is 29.8. The molecule has 224 valence electrons. The van der Waals surface area contributed by atoms with E-state index in [4.69, 9.17) is 4.74 Å². The van der Waals surface area contributed by atoms with Gasteiger partial charge in [-0.1, -0.05) is 45.1 Å². The molecule has 0 spiro atoms. The molecule has 0 bridgehead atoms. The number of ether oxygens (including phenoxy) is 1. The molecule has 2 heterocycles. The maximum absolute atomic E-state index is 14.1. The van der Waals surface area contributed by atoms with Crippen molar-refractivity contribution in [1.82, 2.24) is 9.88 Å². The minimum absolute atomic E-state index is 0.0530. The van der Waals surface area contributed by atoms with E-state index in [0.717, 1.165) is 67.0 Å². The number of nitrogens with one attached hydrogen (secondary N) is 1. The van der Waals surface area contributed by atoms with E-state index in [2.05, 4.69) is 4.98 Å². The lowest BCUT2D eigenvalue weighted by Gasteiger charge is -2.37. The number of carbonyl (C=O) groups is 3. The molecule has 3 fully saturated rings. The summed E-state index contributed by atoms with van der Waals surface area (Å²) < 4.78 is 18.5. The quantitative estimate of drug-likeness (QED) is 0.332. The van der Waals surface area contributed by atoms with E-state index in [1.807, 2.05) is 36.9 Å². The van der Waals surface area contributed by atoms with Crippen LogP contribution in [-0.2, 0) is 20.7 Å². The molecule has 1 aromatic carbocycles. The van der Waals surface area contributed by atoms with E-state index in [1.165, 1.54) is 19.3 Å². The van der Waals surface area contributed by atoms with Crippen molar-refractivity contribution in [3.63, 3.8) is 0 Å². The highest BCUT2D eigenvalue weighted by Crippen LogP contribution is 2.42. The van der Waals surface area contributed by atoms with Gasteiger partial charge in [0, 0.05) is 29.8 Å². The van der Waals surface area contributed by atoms with Crippen LogP contribution in [0.15, 0.2) is 18.2 Å². The monoisotopic (exact) mass is 566 g/mol. The second kappa shape index (κ2) is 13.1. The van der Waals surface area contributed by atoms with Crippen LogP contribution in [0.4, 0.5) is 4.39 Å². The largest absolute Gasteiger partial charge is 0.461 e. The molecule has 1 unspecified atom stereocenters. The number of halogens is 1. The Morgan fingerprint density at radius 2 is 1.78 bits per heavy atom. The molecule has 1 N–H and O–H groups in total. The number of esters is 1. The molecule has 2 aliphatic carbocycles. The van der Waals surface area contributed by atoms with Gasteiger partial charge in [0.1, 0.15) is 5.69 Å². The number of H-pyrrole nitrogens is 1. The number of hydrogen-bond donors (Lipinski definition) is 1. The number of aryl methyl sites for hydroxylation is 1. The van der Waals surface area contributed by atoms with Crippen molar-refractivity contribution in [2.24, 2.45) is 29.6 Å². The fourth-order valence-corrected chi connectivity index (χ4v) is 8.02. The second-order valence-corrected chi connectivity index (χ2v) is 12.9. The third-order valence-corrected chi connectivity index (χ3v) is 10.5. The SMILES string of the molecule is CCOC(=O)c1[nH]c2ccc(CC(=O)[C@@H]3[C@H](C4CCCCC4)CCN3C(=O)C3CCC(C(C)CF)CC3)cc2c1C. The van der Waals surface area contributed by atoms with Gasteiger partial charge in [-0.05, 0) is 92.9 Å². The molecule has 0 radical (unpaired) electrons. The predicted molar refractivity (Wildman–Crippen MR) is 158 cm³/mol. The smallest absolute Gasteiger partial charge is 0.355 e. The Balaban J connectivity index is 1.35. The Labute approximate surface area is 243 Å². The standard InChI is InChI=1S/C34H47FN2O4/c1-4-41-34(40)31-22(3)28-18-23(10-15-29(28)36-31)19-30(38)32-27(25-8-6-5-7-9-25)16-17-37(32)33(39)26-13-11-24(12-14-26)21(2)20-35/h10,15,18,21,24-27,32,36H,4-9,11-14,16-17,19-20H2,1-3H3/t21?,24?,26?,27-,32-/m0/s1. The van der Waals surface area contributed by atoms with Crippen LogP contribution in [0.25, 0.3) is 10.9 Å². The van der Waals surface area contributed by atoms with Crippen molar-refractivity contribution in [3.8, 4) is 0 Å². The number of aromatic nitrogens is 1. The highest BCUT2D eigenvalue weighted by atomic mass is 19.1. The number of likely N-dealkylation sites (tertiary alicyclic amines) is 1. The third kappa shape index (κ3) is 6.24. The summed E-state index contributed by atoms with van der Waals surface area (Å²) in [5.41, 5.74) is 3.02. The van der Waals surface area contributed by atoms with Crippen molar-refractivity contribution in [1.29, 1.82) is 0 Å². The third-order valence-electron chi connectivity index (χ3n) is 10.5. The highest BCUT2D eigenvalue weighted by Gasteiger charge is 2.46. The van der Waals surface area contributed by atoms with E-state index in [-0.39, 0.29) is 54.6 Å². The number of nitrogens with zero attached hydrogens (tertiary/aromatic N) is 1. The van der Waals surface area contributed by atoms with E-state index in [1.54, 1.807) is 6.92 Å². The normalized spacial score (nSPS) is 26.3. The van der Waals surface area contributed by atoms with Crippen molar-refractivity contribution in [2.45, 2.75) is 97.4 Å². The topological polar surface area (TPSA) is 79.5 Å². The first-order valence-corrected chi connectivity index (χ1v) is 16.0. The van der Waals surface area contributed by atoms with Crippen LogP contribution in [0.2, 0.25) is 0 Å². The van der Waals surface area contributed by atoms with E-state index in [0.29, 0.717) is 30.7 Å². The number of benzene rings is 1. The first-order chi connectivity index (χ1) is 19.8. The molecule has 6 nitrogen and oxygen atoms in total. The maximum Gasteiger partial charge on any atom is 0.355 e. The molecule has 1 aromatic heterocycles. The van der Waals surface area contributed by atoms with Crippen LogP contribution >= 0.6 is 0 Å². The molecule has 41 heavy (non-hydrogen) atoms. The average Bonchev–Trinajstić information content (AvgIpc) is 3.59. The number of ketones is 1. The predicted octanol–water partition coefficient (Wildman–Crippen LogP) is 6.97. The summed E-state index contributed by atoms with van der Waals surface area (Å²) in [4.78, 5) is 45.6. The van der Waals surface area contributed by atoms with E-state index >= 15 is 0 Å². The van der Waals surface area contributed by atoms with Gasteiger partial charge in [-0.15, -0.1) is 0 Å². The van der Waals surface area contributed by atoms with Gasteiger partial charge in [-0.2, -0.15) is 0 Å². The van der Waals surface area contributed by atoms with Crippen LogP contribution in [0, 0.1) is 36.5 Å². The van der Waals surface area contributed by atoms with Crippen molar-refractivity contribution in [3.05, 3.63) is 35.0 Å². The molecule has 2 saturated carbocycles. The maximum atomic E-state index is 14.1. The molecule has 7 heteroatoms. The van der Waals surface area contributed by atoms with Gasteiger partial charge in [0.25, 0.3) is 0 Å². The Bertz CT molecular complexity index is 1240. The lowest BCUT2D eigenvalue weighted by atomic mass is 9.74. The fraction of sp³-hybridized carbons (Fsp3) is 0.676. The highest BCUT2D eigenvalue weighted by molar-refractivity contribution is 5.99. The van der Waals surface area contributed by atoms with Crippen LogP contribution in [0.1, 0.15) is 99.7 Å². The number of alkyl halides is 1. The van der Waals surface area contributed by atoms with Crippen LogP contribution in [0.3, 0.4) is 0 Å². The summed E-state index contributed by atoms with van der Waals surface area (Å²) in [6.07, 6.45) is 10.5. The number of hydrogen-bond acceptors (Lipinski definition) is 4. The number of amides is 1. The zero-order valence-corrected chi connectivity index (χ0v) is 25.1. The van der Waals surface area contributed by atoms with Gasteiger partial charge in [-0.25, -0.2) is 4.79 Å². The van der Waals surface area contributed by atoms with Crippen LogP contribution in [-0.4, -0.2) is 53.4 Å². The molecule has 5 rings (SSSR count). The minimum Gasteiger partial charge on any atom is -0.461 e. The number of rotatable bonds is 9. The Kier molecular flexibility index (Phi) is 9.50. The van der Waals surface area contributed by atoms with Gasteiger partial charge in [0.15, 0.2) is 5.78 Å². The van der Waals surface area contributed by atoms with Crippen molar-refractivity contribution >= 4 is 28.6 Å². The fourth-order valence-electron chi connectivity index (χ4n) is 8.02. The molecule has 1 amide bonds. The van der Waals surface area contributed by atoms with Gasteiger partial charge >= 0.3 is 5.97 Å². The summed E-state index contributed by atoms with van der Waals surface area (Å²) in [6.45, 7) is 6.33. The van der Waals surface area contributed by atoms with E-state index < -0.39 is 0 Å². The minimum atomic E-state index is -0.373. The van der Waals surface area contributed by atoms with Gasteiger partial charge in [0.05, 0.1) is 19.3 Å². The molecule has 1 aliphatic heterocycles. The summed E-state index contributed by atoms with van der Waals surface area (Å²) in [5, 5.41) is 0.917. The van der Waals surface area contributed by atoms with Gasteiger partial charge in [0.2, 0.25) is 5.91 Å². The van der Waals surface area contributed by atoms with Crippen LogP contribution < -0.4 is 0 Å². The Morgan fingerprint density at radius 1 is 1.05 bits per heavy atom. The number of carbonyl (C=O) groups excluding carboxylic acids is 3. The lowest BCUT2D eigenvalue weighted by molar-refractivity contribution is -0.143.